The van der Waals surface area contributed by atoms with E-state index in [9.17, 15) is 22.8 Å². The van der Waals surface area contributed by atoms with Gasteiger partial charge in [-0.05, 0) is 43.2 Å². The van der Waals surface area contributed by atoms with Gasteiger partial charge in [-0.25, -0.2) is 4.79 Å². The van der Waals surface area contributed by atoms with Crippen LogP contribution in [0.15, 0.2) is 48.5 Å². The second-order valence-corrected chi connectivity index (χ2v) is 8.68. The van der Waals surface area contributed by atoms with Crippen LogP contribution in [0.4, 0.5) is 29.3 Å². The van der Waals surface area contributed by atoms with E-state index in [1.54, 1.807) is 24.3 Å². The lowest BCUT2D eigenvalue weighted by Crippen LogP contribution is -2.35. The molecule has 4 rings (SSSR count). The first-order valence-electron chi connectivity index (χ1n) is 9.86. The number of carbonyl (C=O) groups excluding carboxylic acids is 2. The maximum absolute atomic E-state index is 13.2. The third kappa shape index (κ3) is 5.25. The van der Waals surface area contributed by atoms with Gasteiger partial charge in [0.05, 0.1) is 17.3 Å². The first kappa shape index (κ1) is 23.0. The van der Waals surface area contributed by atoms with Crippen molar-refractivity contribution in [3.63, 3.8) is 0 Å². The molecule has 2 aromatic carbocycles. The van der Waals surface area contributed by atoms with Crippen molar-refractivity contribution < 1.29 is 22.8 Å². The number of carbonyl (C=O) groups is 2. The molecule has 0 bridgehead atoms. The molecule has 1 unspecified atom stereocenters. The second-order valence-electron chi connectivity index (χ2n) is 7.23. The van der Waals surface area contributed by atoms with E-state index in [4.69, 9.17) is 11.6 Å². The van der Waals surface area contributed by atoms with Crippen molar-refractivity contribution in [1.29, 1.82) is 0 Å². The quantitative estimate of drug-likeness (QED) is 0.476. The number of aromatic nitrogens is 2. The Bertz CT molecular complexity index is 1190. The summed E-state index contributed by atoms with van der Waals surface area (Å²) >= 11 is 6.95. The number of nitrogens with zero attached hydrogens (tertiary/aromatic N) is 3. The molecule has 1 aliphatic rings. The molecule has 3 aromatic rings. The van der Waals surface area contributed by atoms with Crippen LogP contribution in [-0.4, -0.2) is 33.6 Å². The smallest absolute Gasteiger partial charge is 0.320 e. The number of amides is 3. The zero-order chi connectivity index (χ0) is 23.6. The zero-order valence-electron chi connectivity index (χ0n) is 16.9. The summed E-state index contributed by atoms with van der Waals surface area (Å²) < 4.78 is 39.7. The van der Waals surface area contributed by atoms with Gasteiger partial charge in [-0.2, -0.15) is 13.2 Å². The van der Waals surface area contributed by atoms with Crippen LogP contribution in [0.5, 0.6) is 0 Å². The third-order valence-corrected chi connectivity index (χ3v) is 6.25. The summed E-state index contributed by atoms with van der Waals surface area (Å²) in [5, 5.41) is 14.0. The number of hydrogen-bond donors (Lipinski definition) is 2. The van der Waals surface area contributed by atoms with E-state index in [1.807, 2.05) is 0 Å². The summed E-state index contributed by atoms with van der Waals surface area (Å²) in [5.74, 6) is -0.478. The van der Waals surface area contributed by atoms with Crippen LogP contribution in [0.1, 0.15) is 39.3 Å². The molecule has 0 aliphatic carbocycles. The van der Waals surface area contributed by atoms with Crippen molar-refractivity contribution in [2.45, 2.75) is 25.1 Å². The van der Waals surface area contributed by atoms with E-state index in [0.717, 1.165) is 17.4 Å². The van der Waals surface area contributed by atoms with Gasteiger partial charge in [-0.15, -0.1) is 10.2 Å². The van der Waals surface area contributed by atoms with Crippen LogP contribution < -0.4 is 10.6 Å². The van der Waals surface area contributed by atoms with Gasteiger partial charge in [0.2, 0.25) is 5.01 Å². The second kappa shape index (κ2) is 9.36. The van der Waals surface area contributed by atoms with Crippen LogP contribution >= 0.6 is 22.9 Å². The number of urea groups is 1. The third-order valence-electron chi connectivity index (χ3n) is 4.99. The van der Waals surface area contributed by atoms with Gasteiger partial charge in [0, 0.05) is 17.3 Å². The van der Waals surface area contributed by atoms with Crippen LogP contribution in [0.2, 0.25) is 5.02 Å². The summed E-state index contributed by atoms with van der Waals surface area (Å²) in [7, 11) is 0. The maximum Gasteiger partial charge on any atom is 0.418 e. The zero-order valence-corrected chi connectivity index (χ0v) is 18.5. The minimum Gasteiger partial charge on any atom is -0.320 e. The first-order chi connectivity index (χ1) is 15.7. The molecule has 172 valence electrons. The summed E-state index contributed by atoms with van der Waals surface area (Å²) in [6.45, 7) is 0.342. The fourth-order valence-corrected chi connectivity index (χ4v) is 4.58. The highest BCUT2D eigenvalue weighted by Crippen LogP contribution is 2.37. The minimum atomic E-state index is -4.60. The number of nitrogens with one attached hydrogen (secondary N) is 2. The van der Waals surface area contributed by atoms with Gasteiger partial charge in [-0.3, -0.25) is 4.79 Å². The van der Waals surface area contributed by atoms with E-state index in [0.29, 0.717) is 35.1 Å². The first-order valence-corrected chi connectivity index (χ1v) is 11.1. The summed E-state index contributed by atoms with van der Waals surface area (Å²) in [6.07, 6.45) is -3.40. The SMILES string of the molecule is O=C(Nc1cccc(Cl)c1)c1nnc(C2CCCN2C(=O)Nc2ccccc2C(F)(F)F)s1. The van der Waals surface area contributed by atoms with Gasteiger partial charge in [0.1, 0.15) is 5.01 Å². The summed E-state index contributed by atoms with van der Waals surface area (Å²) in [5.41, 5.74) is -0.751. The van der Waals surface area contributed by atoms with E-state index in [-0.39, 0.29) is 10.7 Å². The average Bonchev–Trinajstić information content (AvgIpc) is 3.43. The fraction of sp³-hybridized carbons (Fsp3) is 0.238. The lowest BCUT2D eigenvalue weighted by Gasteiger charge is -2.24. The van der Waals surface area contributed by atoms with Crippen molar-refractivity contribution in [2.24, 2.45) is 0 Å². The number of likely N-dealkylation sites (tertiary alicyclic amines) is 1. The van der Waals surface area contributed by atoms with Crippen LogP contribution in [-0.2, 0) is 6.18 Å². The van der Waals surface area contributed by atoms with Gasteiger partial charge in [-0.1, -0.05) is 41.1 Å². The molecule has 2 N–H and O–H groups in total. The monoisotopic (exact) mass is 495 g/mol. The van der Waals surface area contributed by atoms with Crippen molar-refractivity contribution in [3.05, 3.63) is 69.1 Å². The lowest BCUT2D eigenvalue weighted by atomic mass is 10.1. The number of benzene rings is 2. The molecule has 33 heavy (non-hydrogen) atoms. The topological polar surface area (TPSA) is 87.2 Å². The predicted molar refractivity (Wildman–Crippen MR) is 118 cm³/mol. The lowest BCUT2D eigenvalue weighted by molar-refractivity contribution is -0.136. The van der Waals surface area contributed by atoms with Crippen LogP contribution in [0, 0.1) is 0 Å². The van der Waals surface area contributed by atoms with E-state index in [1.165, 1.54) is 23.1 Å². The summed E-state index contributed by atoms with van der Waals surface area (Å²) in [6, 6.07) is 10.2. The number of hydrogen-bond acceptors (Lipinski definition) is 5. The molecule has 7 nitrogen and oxygen atoms in total. The molecule has 0 saturated carbocycles. The molecule has 12 heteroatoms. The molecule has 1 fully saturated rings. The van der Waals surface area contributed by atoms with Gasteiger partial charge in [0.15, 0.2) is 0 Å². The molecule has 3 amide bonds. The molecule has 1 atom stereocenters. The van der Waals surface area contributed by atoms with Gasteiger partial charge in [0.25, 0.3) is 5.91 Å². The minimum absolute atomic E-state index is 0.0969. The van der Waals surface area contributed by atoms with Crippen LogP contribution in [0.25, 0.3) is 0 Å². The van der Waals surface area contributed by atoms with Crippen molar-refractivity contribution in [1.82, 2.24) is 15.1 Å². The molecule has 1 saturated heterocycles. The number of para-hydroxylation sites is 1. The number of rotatable bonds is 4. The maximum atomic E-state index is 13.2. The Morgan fingerprint density at radius 3 is 2.64 bits per heavy atom. The Hall–Kier alpha value is -3.18. The van der Waals surface area contributed by atoms with E-state index in [2.05, 4.69) is 20.8 Å². The van der Waals surface area contributed by atoms with E-state index < -0.39 is 29.7 Å². The molecule has 0 spiro atoms. The van der Waals surface area contributed by atoms with Gasteiger partial charge < -0.3 is 15.5 Å². The average molecular weight is 496 g/mol. The molecule has 2 heterocycles. The highest BCUT2D eigenvalue weighted by Gasteiger charge is 2.36. The Kier molecular flexibility index (Phi) is 6.52. The Balaban J connectivity index is 1.47. The van der Waals surface area contributed by atoms with Crippen molar-refractivity contribution in [2.75, 3.05) is 17.2 Å². The highest BCUT2D eigenvalue weighted by atomic mass is 35.5. The molecular formula is C21H17ClF3N5O2S. The molecule has 0 radical (unpaired) electrons. The highest BCUT2D eigenvalue weighted by molar-refractivity contribution is 7.13. The van der Waals surface area contributed by atoms with Crippen molar-refractivity contribution >= 4 is 46.3 Å². The Labute approximate surface area is 195 Å². The number of alkyl halides is 3. The Morgan fingerprint density at radius 2 is 1.88 bits per heavy atom. The standard InChI is InChI=1S/C21H17ClF3N5O2S/c22-12-5-3-6-13(11-12)26-17(31)19-29-28-18(33-19)16-9-4-10-30(16)20(32)27-15-8-2-1-7-14(15)21(23,24)25/h1-3,5-8,11,16H,4,9-10H2,(H,26,31)(H,27,32). The van der Waals surface area contributed by atoms with Gasteiger partial charge >= 0.3 is 12.2 Å². The van der Waals surface area contributed by atoms with E-state index >= 15 is 0 Å². The normalized spacial score (nSPS) is 16.0. The predicted octanol–water partition coefficient (Wildman–Crippen LogP) is 5.83. The van der Waals surface area contributed by atoms with Crippen molar-refractivity contribution in [3.8, 4) is 0 Å². The Morgan fingerprint density at radius 1 is 1.09 bits per heavy atom. The molecule has 1 aromatic heterocycles. The fourth-order valence-electron chi connectivity index (χ4n) is 3.50. The molecule has 1 aliphatic heterocycles. The summed E-state index contributed by atoms with van der Waals surface area (Å²) in [4.78, 5) is 26.7. The number of halogens is 4. The largest absolute Gasteiger partial charge is 0.418 e. The molecular weight excluding hydrogens is 479 g/mol. The van der Waals surface area contributed by atoms with Crippen LogP contribution in [0.3, 0.4) is 0 Å². The number of anilines is 2.